The SMILES string of the molecule is CCOc1ccccc1/C=N\NC(=O)CSc1ccccc1F. The zero-order valence-corrected chi connectivity index (χ0v) is 13.5. The van der Waals surface area contributed by atoms with Gasteiger partial charge in [0.25, 0.3) is 0 Å². The quantitative estimate of drug-likeness (QED) is 0.480. The summed E-state index contributed by atoms with van der Waals surface area (Å²) >= 11 is 1.13. The topological polar surface area (TPSA) is 50.7 Å². The minimum Gasteiger partial charge on any atom is -0.493 e. The Hall–Kier alpha value is -2.34. The Labute approximate surface area is 138 Å². The molecule has 0 bridgehead atoms. The highest BCUT2D eigenvalue weighted by atomic mass is 32.2. The zero-order chi connectivity index (χ0) is 16.5. The molecule has 0 atom stereocenters. The van der Waals surface area contributed by atoms with Crippen LogP contribution in [0.25, 0.3) is 0 Å². The molecule has 1 amide bonds. The van der Waals surface area contributed by atoms with Crippen LogP contribution in [0.5, 0.6) is 5.75 Å². The summed E-state index contributed by atoms with van der Waals surface area (Å²) in [6.07, 6.45) is 1.52. The van der Waals surface area contributed by atoms with Gasteiger partial charge in [0.2, 0.25) is 5.91 Å². The Balaban J connectivity index is 1.86. The molecule has 6 heteroatoms. The van der Waals surface area contributed by atoms with Crippen LogP contribution in [-0.4, -0.2) is 24.5 Å². The highest BCUT2D eigenvalue weighted by molar-refractivity contribution is 8.00. The van der Waals surface area contributed by atoms with E-state index < -0.39 is 0 Å². The monoisotopic (exact) mass is 332 g/mol. The van der Waals surface area contributed by atoms with Crippen molar-refractivity contribution in [1.82, 2.24) is 5.43 Å². The predicted octanol–water partition coefficient (Wildman–Crippen LogP) is 3.47. The molecule has 0 aliphatic carbocycles. The second-order valence-electron chi connectivity index (χ2n) is 4.48. The Morgan fingerprint density at radius 1 is 1.26 bits per heavy atom. The number of hydrazone groups is 1. The third-order valence-corrected chi connectivity index (χ3v) is 3.86. The molecule has 0 saturated carbocycles. The number of nitrogens with one attached hydrogen (secondary N) is 1. The molecule has 2 aromatic carbocycles. The first-order chi connectivity index (χ1) is 11.2. The number of hydrogen-bond donors (Lipinski definition) is 1. The van der Waals surface area contributed by atoms with E-state index in [1.165, 1.54) is 12.3 Å². The van der Waals surface area contributed by atoms with Crippen LogP contribution in [0.3, 0.4) is 0 Å². The van der Waals surface area contributed by atoms with Gasteiger partial charge in [0.15, 0.2) is 0 Å². The molecular formula is C17H17FN2O2S. The minimum absolute atomic E-state index is 0.0887. The van der Waals surface area contributed by atoms with E-state index in [0.717, 1.165) is 17.3 Å². The van der Waals surface area contributed by atoms with E-state index in [2.05, 4.69) is 10.5 Å². The van der Waals surface area contributed by atoms with Crippen LogP contribution in [0.4, 0.5) is 4.39 Å². The molecule has 0 aliphatic heterocycles. The fraction of sp³-hybridized carbons (Fsp3) is 0.176. The van der Waals surface area contributed by atoms with Crippen molar-refractivity contribution in [1.29, 1.82) is 0 Å². The maximum absolute atomic E-state index is 13.4. The number of rotatable bonds is 7. The van der Waals surface area contributed by atoms with Crippen LogP contribution >= 0.6 is 11.8 Å². The molecule has 0 aliphatic rings. The number of benzene rings is 2. The number of amides is 1. The number of thioether (sulfide) groups is 1. The summed E-state index contributed by atoms with van der Waals surface area (Å²) in [7, 11) is 0. The van der Waals surface area contributed by atoms with E-state index >= 15 is 0 Å². The van der Waals surface area contributed by atoms with Crippen molar-refractivity contribution >= 4 is 23.9 Å². The van der Waals surface area contributed by atoms with Crippen molar-refractivity contribution in [2.75, 3.05) is 12.4 Å². The molecule has 0 saturated heterocycles. The molecule has 0 radical (unpaired) electrons. The number of hydrogen-bond acceptors (Lipinski definition) is 4. The maximum Gasteiger partial charge on any atom is 0.250 e. The minimum atomic E-state index is -0.334. The average Bonchev–Trinajstić information content (AvgIpc) is 2.56. The number of para-hydroxylation sites is 1. The van der Waals surface area contributed by atoms with E-state index in [0.29, 0.717) is 17.3 Å². The predicted molar refractivity (Wildman–Crippen MR) is 90.5 cm³/mol. The molecular weight excluding hydrogens is 315 g/mol. The van der Waals surface area contributed by atoms with E-state index in [1.807, 2.05) is 31.2 Å². The van der Waals surface area contributed by atoms with Crippen molar-refractivity contribution in [3.05, 3.63) is 59.9 Å². The van der Waals surface area contributed by atoms with Gasteiger partial charge in [0.1, 0.15) is 11.6 Å². The highest BCUT2D eigenvalue weighted by Crippen LogP contribution is 2.20. The summed E-state index contributed by atoms with van der Waals surface area (Å²) in [6, 6.07) is 13.7. The van der Waals surface area contributed by atoms with Gasteiger partial charge in [-0.25, -0.2) is 9.82 Å². The van der Waals surface area contributed by atoms with Crippen LogP contribution in [0.15, 0.2) is 58.5 Å². The molecule has 2 rings (SSSR count). The normalized spacial score (nSPS) is 10.7. The standard InChI is InChI=1S/C17H17FN2O2S/c1-2-22-15-9-5-3-7-13(15)11-19-20-17(21)12-23-16-10-6-4-8-14(16)18/h3-11H,2,12H2,1H3,(H,20,21)/b19-11-. The van der Waals surface area contributed by atoms with Crippen LogP contribution in [-0.2, 0) is 4.79 Å². The van der Waals surface area contributed by atoms with Gasteiger partial charge >= 0.3 is 0 Å². The molecule has 4 nitrogen and oxygen atoms in total. The zero-order valence-electron chi connectivity index (χ0n) is 12.7. The summed E-state index contributed by atoms with van der Waals surface area (Å²) in [5.41, 5.74) is 3.20. The lowest BCUT2D eigenvalue weighted by Crippen LogP contribution is -2.19. The third-order valence-electron chi connectivity index (χ3n) is 2.81. The molecule has 120 valence electrons. The highest BCUT2D eigenvalue weighted by Gasteiger charge is 2.05. The molecule has 0 heterocycles. The van der Waals surface area contributed by atoms with Crippen molar-refractivity contribution in [2.24, 2.45) is 5.10 Å². The fourth-order valence-electron chi connectivity index (χ4n) is 1.79. The molecule has 1 N–H and O–H groups in total. The van der Waals surface area contributed by atoms with Gasteiger partial charge in [0, 0.05) is 10.5 Å². The largest absolute Gasteiger partial charge is 0.493 e. The van der Waals surface area contributed by atoms with Crippen molar-refractivity contribution in [2.45, 2.75) is 11.8 Å². The smallest absolute Gasteiger partial charge is 0.250 e. The summed E-state index contributed by atoms with van der Waals surface area (Å²) < 4.78 is 18.9. The second kappa shape index (κ2) is 8.95. The Morgan fingerprint density at radius 2 is 2.00 bits per heavy atom. The lowest BCUT2D eigenvalue weighted by Gasteiger charge is -2.06. The molecule has 0 unspecified atom stereocenters. The van der Waals surface area contributed by atoms with E-state index in [9.17, 15) is 9.18 Å². The summed E-state index contributed by atoms with van der Waals surface area (Å²) in [6.45, 7) is 2.45. The van der Waals surface area contributed by atoms with Gasteiger partial charge in [-0.3, -0.25) is 4.79 Å². The summed E-state index contributed by atoms with van der Waals surface area (Å²) in [5.74, 6) is 0.155. The van der Waals surface area contributed by atoms with Crippen LogP contribution in [0.2, 0.25) is 0 Å². The summed E-state index contributed by atoms with van der Waals surface area (Å²) in [5, 5.41) is 3.91. The van der Waals surface area contributed by atoms with Crippen LogP contribution < -0.4 is 10.2 Å². The maximum atomic E-state index is 13.4. The first-order valence-corrected chi connectivity index (χ1v) is 8.10. The first kappa shape index (κ1) is 17.0. The third kappa shape index (κ3) is 5.41. The van der Waals surface area contributed by atoms with E-state index in [1.54, 1.807) is 18.2 Å². The lowest BCUT2D eigenvalue weighted by molar-refractivity contribution is -0.118. The Bertz CT molecular complexity index is 692. The Kier molecular flexibility index (Phi) is 6.62. The second-order valence-corrected chi connectivity index (χ2v) is 5.50. The van der Waals surface area contributed by atoms with Crippen LogP contribution in [0, 0.1) is 5.82 Å². The molecule has 2 aromatic rings. The molecule has 0 aromatic heterocycles. The van der Waals surface area contributed by atoms with Gasteiger partial charge in [-0.15, -0.1) is 11.8 Å². The van der Waals surface area contributed by atoms with E-state index in [4.69, 9.17) is 4.74 Å². The number of nitrogens with zero attached hydrogens (tertiary/aromatic N) is 1. The van der Waals surface area contributed by atoms with Crippen LogP contribution in [0.1, 0.15) is 12.5 Å². The summed E-state index contributed by atoms with van der Waals surface area (Å²) in [4.78, 5) is 12.2. The van der Waals surface area contributed by atoms with Gasteiger partial charge in [-0.1, -0.05) is 24.3 Å². The van der Waals surface area contributed by atoms with Gasteiger partial charge in [-0.2, -0.15) is 5.10 Å². The number of ether oxygens (including phenoxy) is 1. The molecule has 23 heavy (non-hydrogen) atoms. The van der Waals surface area contributed by atoms with Gasteiger partial charge < -0.3 is 4.74 Å². The number of carbonyl (C=O) groups excluding carboxylic acids is 1. The molecule has 0 spiro atoms. The average molecular weight is 332 g/mol. The van der Waals surface area contributed by atoms with Gasteiger partial charge in [0.05, 0.1) is 18.6 Å². The first-order valence-electron chi connectivity index (χ1n) is 7.11. The van der Waals surface area contributed by atoms with Crippen molar-refractivity contribution in [3.63, 3.8) is 0 Å². The van der Waals surface area contributed by atoms with Crippen molar-refractivity contribution in [3.8, 4) is 5.75 Å². The Morgan fingerprint density at radius 3 is 2.78 bits per heavy atom. The fourth-order valence-corrected chi connectivity index (χ4v) is 2.52. The van der Waals surface area contributed by atoms with E-state index in [-0.39, 0.29) is 17.5 Å². The van der Waals surface area contributed by atoms with Gasteiger partial charge in [-0.05, 0) is 31.2 Å². The van der Waals surface area contributed by atoms with Crippen molar-refractivity contribution < 1.29 is 13.9 Å². The number of carbonyl (C=O) groups is 1. The lowest BCUT2D eigenvalue weighted by atomic mass is 10.2. The molecule has 0 fully saturated rings. The number of halogens is 1.